The molecule has 1 heterocycles. The maximum absolute atomic E-state index is 12.1. The number of nitrogens with one attached hydrogen (secondary N) is 1. The number of carbonyl (C=O) groups is 1. The highest BCUT2D eigenvalue weighted by molar-refractivity contribution is 5.76. The van der Waals surface area contributed by atoms with Crippen molar-refractivity contribution >= 4 is 5.91 Å². The van der Waals surface area contributed by atoms with E-state index in [1.165, 1.54) is 5.56 Å². The molecule has 5 heteroatoms. The summed E-state index contributed by atoms with van der Waals surface area (Å²) in [7, 11) is 0. The molecule has 0 aromatic heterocycles. The standard InChI is InChI=1S/C23H29NO4/c1-17(2)28-20-7-3-5-18(15-20)6-4-12-24-23(25)11-9-19-8-10-21-22(16-19)27-14-13-26-21/h3,5,7-8,10,15-17H,4,6,9,11-14H2,1-2H3,(H,24,25). The quantitative estimate of drug-likeness (QED) is 0.667. The Morgan fingerprint density at radius 2 is 1.82 bits per heavy atom. The van der Waals surface area contributed by atoms with Crippen molar-refractivity contribution < 1.29 is 19.0 Å². The summed E-state index contributed by atoms with van der Waals surface area (Å²) in [5, 5.41) is 3.01. The predicted octanol–water partition coefficient (Wildman–Crippen LogP) is 3.93. The van der Waals surface area contributed by atoms with Crippen LogP contribution in [-0.4, -0.2) is 31.8 Å². The minimum atomic E-state index is 0.0757. The molecular weight excluding hydrogens is 354 g/mol. The molecule has 0 radical (unpaired) electrons. The van der Waals surface area contributed by atoms with Crippen molar-refractivity contribution in [2.45, 2.75) is 45.6 Å². The average Bonchev–Trinajstić information content (AvgIpc) is 2.69. The number of ether oxygens (including phenoxy) is 3. The Morgan fingerprint density at radius 1 is 1.04 bits per heavy atom. The largest absolute Gasteiger partial charge is 0.491 e. The smallest absolute Gasteiger partial charge is 0.220 e. The summed E-state index contributed by atoms with van der Waals surface area (Å²) in [6.07, 6.45) is 3.15. The normalized spacial score (nSPS) is 12.7. The molecule has 0 spiro atoms. The van der Waals surface area contributed by atoms with Crippen molar-refractivity contribution in [1.29, 1.82) is 0 Å². The number of rotatable bonds is 9. The van der Waals surface area contributed by atoms with E-state index in [4.69, 9.17) is 14.2 Å². The Balaban J connectivity index is 1.36. The molecule has 0 saturated heterocycles. The van der Waals surface area contributed by atoms with E-state index < -0.39 is 0 Å². The van der Waals surface area contributed by atoms with Crippen LogP contribution in [0.4, 0.5) is 0 Å². The van der Waals surface area contributed by atoms with Crippen LogP contribution < -0.4 is 19.5 Å². The summed E-state index contributed by atoms with van der Waals surface area (Å²) in [5.74, 6) is 2.53. The van der Waals surface area contributed by atoms with Crippen molar-refractivity contribution in [3.8, 4) is 17.2 Å². The van der Waals surface area contributed by atoms with E-state index in [1.54, 1.807) is 0 Å². The summed E-state index contributed by atoms with van der Waals surface area (Å²) in [6, 6.07) is 14.0. The highest BCUT2D eigenvalue weighted by Crippen LogP contribution is 2.31. The van der Waals surface area contributed by atoms with Crippen LogP contribution in [0.15, 0.2) is 42.5 Å². The SMILES string of the molecule is CC(C)Oc1cccc(CCCNC(=O)CCc2ccc3c(c2)OCCO3)c1. The first-order chi connectivity index (χ1) is 13.6. The molecule has 0 unspecified atom stereocenters. The Bertz CT molecular complexity index is 788. The van der Waals surface area contributed by atoms with Crippen LogP contribution in [0.1, 0.15) is 37.8 Å². The van der Waals surface area contributed by atoms with Gasteiger partial charge in [0.25, 0.3) is 0 Å². The van der Waals surface area contributed by atoms with Crippen molar-refractivity contribution in [3.63, 3.8) is 0 Å². The second kappa shape index (κ2) is 10.0. The van der Waals surface area contributed by atoms with Gasteiger partial charge < -0.3 is 19.5 Å². The van der Waals surface area contributed by atoms with Gasteiger partial charge in [0, 0.05) is 13.0 Å². The average molecular weight is 383 g/mol. The van der Waals surface area contributed by atoms with E-state index in [1.807, 2.05) is 44.2 Å². The number of amides is 1. The third kappa shape index (κ3) is 6.19. The molecule has 5 nitrogen and oxygen atoms in total. The van der Waals surface area contributed by atoms with Gasteiger partial charge in [-0.3, -0.25) is 4.79 Å². The molecule has 3 rings (SSSR count). The first-order valence-corrected chi connectivity index (χ1v) is 10.0. The lowest BCUT2D eigenvalue weighted by molar-refractivity contribution is -0.121. The molecule has 0 aliphatic carbocycles. The second-order valence-electron chi connectivity index (χ2n) is 7.25. The van der Waals surface area contributed by atoms with Crippen molar-refractivity contribution in [3.05, 3.63) is 53.6 Å². The fourth-order valence-corrected chi connectivity index (χ4v) is 3.16. The van der Waals surface area contributed by atoms with Crippen molar-refractivity contribution in [2.75, 3.05) is 19.8 Å². The maximum atomic E-state index is 12.1. The fraction of sp³-hybridized carbons (Fsp3) is 0.435. The minimum Gasteiger partial charge on any atom is -0.491 e. The first-order valence-electron chi connectivity index (χ1n) is 10.0. The van der Waals surface area contributed by atoms with E-state index in [-0.39, 0.29) is 12.0 Å². The molecule has 28 heavy (non-hydrogen) atoms. The Labute approximate surface area is 167 Å². The molecule has 1 N–H and O–H groups in total. The highest BCUT2D eigenvalue weighted by atomic mass is 16.6. The fourth-order valence-electron chi connectivity index (χ4n) is 3.16. The molecule has 150 valence electrons. The van der Waals surface area contributed by atoms with Crippen LogP contribution in [0, 0.1) is 0 Å². The first kappa shape index (κ1) is 20.1. The van der Waals surface area contributed by atoms with Crippen molar-refractivity contribution in [1.82, 2.24) is 5.32 Å². The van der Waals surface area contributed by atoms with Gasteiger partial charge in [0.2, 0.25) is 5.91 Å². The molecule has 1 aliphatic heterocycles. The van der Waals surface area contributed by atoms with Gasteiger partial charge in [-0.1, -0.05) is 18.2 Å². The van der Waals surface area contributed by atoms with E-state index in [0.717, 1.165) is 35.7 Å². The van der Waals surface area contributed by atoms with Crippen LogP contribution in [0.5, 0.6) is 17.2 Å². The van der Waals surface area contributed by atoms with E-state index >= 15 is 0 Å². The van der Waals surface area contributed by atoms with Crippen LogP contribution in [-0.2, 0) is 17.6 Å². The van der Waals surface area contributed by atoms with Gasteiger partial charge >= 0.3 is 0 Å². The second-order valence-corrected chi connectivity index (χ2v) is 7.25. The molecule has 2 aromatic carbocycles. The summed E-state index contributed by atoms with van der Waals surface area (Å²) in [5.41, 5.74) is 2.31. The molecule has 2 aromatic rings. The topological polar surface area (TPSA) is 56.8 Å². The molecule has 1 amide bonds. The summed E-state index contributed by atoms with van der Waals surface area (Å²) < 4.78 is 16.8. The number of carbonyl (C=O) groups excluding carboxylic acids is 1. The van der Waals surface area contributed by atoms with E-state index in [0.29, 0.717) is 32.6 Å². The molecule has 0 saturated carbocycles. The number of hydrogen-bond acceptors (Lipinski definition) is 4. The maximum Gasteiger partial charge on any atom is 0.220 e. The zero-order valence-electron chi connectivity index (χ0n) is 16.7. The predicted molar refractivity (Wildman–Crippen MR) is 109 cm³/mol. The molecule has 1 aliphatic rings. The van der Waals surface area contributed by atoms with Gasteiger partial charge in [-0.25, -0.2) is 0 Å². The van der Waals surface area contributed by atoms with Crippen LogP contribution in [0.3, 0.4) is 0 Å². The summed E-state index contributed by atoms with van der Waals surface area (Å²) in [4.78, 5) is 12.1. The number of fused-ring (bicyclic) bond motifs is 1. The van der Waals surface area contributed by atoms with Gasteiger partial charge in [0.1, 0.15) is 19.0 Å². The minimum absolute atomic E-state index is 0.0757. The number of benzene rings is 2. The number of hydrogen-bond donors (Lipinski definition) is 1. The zero-order valence-corrected chi connectivity index (χ0v) is 16.7. The molecule has 0 fully saturated rings. The van der Waals surface area contributed by atoms with Crippen LogP contribution >= 0.6 is 0 Å². The lowest BCUT2D eigenvalue weighted by Crippen LogP contribution is -2.25. The van der Waals surface area contributed by atoms with Gasteiger partial charge in [0.15, 0.2) is 11.5 Å². The Kier molecular flexibility index (Phi) is 7.18. The van der Waals surface area contributed by atoms with Crippen LogP contribution in [0.25, 0.3) is 0 Å². The summed E-state index contributed by atoms with van der Waals surface area (Å²) >= 11 is 0. The third-order valence-corrected chi connectivity index (χ3v) is 4.48. The molecule has 0 bridgehead atoms. The zero-order chi connectivity index (χ0) is 19.8. The van der Waals surface area contributed by atoms with Gasteiger partial charge in [-0.15, -0.1) is 0 Å². The van der Waals surface area contributed by atoms with E-state index in [2.05, 4.69) is 17.4 Å². The van der Waals surface area contributed by atoms with Crippen molar-refractivity contribution in [2.24, 2.45) is 0 Å². The van der Waals surface area contributed by atoms with E-state index in [9.17, 15) is 4.79 Å². The third-order valence-electron chi connectivity index (χ3n) is 4.48. The van der Waals surface area contributed by atoms with Gasteiger partial charge in [0.05, 0.1) is 6.10 Å². The van der Waals surface area contributed by atoms with Gasteiger partial charge in [-0.2, -0.15) is 0 Å². The van der Waals surface area contributed by atoms with Gasteiger partial charge in [-0.05, 0) is 68.5 Å². The Morgan fingerprint density at radius 3 is 2.64 bits per heavy atom. The monoisotopic (exact) mass is 383 g/mol. The number of aryl methyl sites for hydroxylation is 2. The lowest BCUT2D eigenvalue weighted by atomic mass is 10.1. The molecular formula is C23H29NO4. The lowest BCUT2D eigenvalue weighted by Gasteiger charge is -2.18. The molecule has 0 atom stereocenters. The highest BCUT2D eigenvalue weighted by Gasteiger charge is 2.12. The summed E-state index contributed by atoms with van der Waals surface area (Å²) in [6.45, 7) is 5.88. The Hall–Kier alpha value is -2.69. The van der Waals surface area contributed by atoms with Crippen LogP contribution in [0.2, 0.25) is 0 Å².